The van der Waals surface area contributed by atoms with Crippen molar-refractivity contribution in [1.82, 2.24) is 9.55 Å². The molecule has 0 aliphatic heterocycles. The molecule has 0 radical (unpaired) electrons. The first-order valence-corrected chi connectivity index (χ1v) is 5.87. The smallest absolute Gasteiger partial charge is 0.159 e. The highest BCUT2D eigenvalue weighted by Crippen LogP contribution is 2.40. The minimum absolute atomic E-state index is 0.413. The molecule has 3 rings (SSSR count). The van der Waals surface area contributed by atoms with Crippen LogP contribution in [0.3, 0.4) is 0 Å². The number of nitrogens with two attached hydrogens (primary N) is 1. The van der Waals surface area contributed by atoms with Crippen LogP contribution >= 0.6 is 0 Å². The number of nitrogen functional groups attached to an aromatic ring is 1. The van der Waals surface area contributed by atoms with Gasteiger partial charge in [0.2, 0.25) is 0 Å². The number of anilines is 1. The second kappa shape index (κ2) is 3.80. The predicted octanol–water partition coefficient (Wildman–Crippen LogP) is 3.05. The van der Waals surface area contributed by atoms with Gasteiger partial charge in [-0.15, -0.1) is 0 Å². The molecule has 1 saturated carbocycles. The van der Waals surface area contributed by atoms with E-state index in [0.717, 1.165) is 30.8 Å². The Morgan fingerprint density at radius 1 is 1.28 bits per heavy atom. The number of imidazole rings is 1. The molecular formula is C13H13F2N3. The minimum Gasteiger partial charge on any atom is -0.383 e. The summed E-state index contributed by atoms with van der Waals surface area (Å²) in [5.41, 5.74) is 7.08. The average Bonchev–Trinajstić information content (AvgIpc) is 3.10. The fraction of sp³-hybridized carbons (Fsp3) is 0.308. The summed E-state index contributed by atoms with van der Waals surface area (Å²) in [5, 5.41) is 0. The zero-order valence-corrected chi connectivity index (χ0v) is 9.95. The van der Waals surface area contributed by atoms with E-state index in [1.54, 1.807) is 0 Å². The fourth-order valence-electron chi connectivity index (χ4n) is 2.21. The first kappa shape index (κ1) is 11.2. The van der Waals surface area contributed by atoms with Gasteiger partial charge in [0.15, 0.2) is 11.6 Å². The van der Waals surface area contributed by atoms with E-state index >= 15 is 0 Å². The molecule has 5 heteroatoms. The number of aromatic nitrogens is 2. The first-order valence-electron chi connectivity index (χ1n) is 5.87. The summed E-state index contributed by atoms with van der Waals surface area (Å²) in [4.78, 5) is 4.36. The quantitative estimate of drug-likeness (QED) is 0.889. The SMILES string of the molecule is Cc1nc(-c2ccc(F)c(F)c2)c(N)n1C1CC1. The van der Waals surface area contributed by atoms with Gasteiger partial charge in [0.1, 0.15) is 17.3 Å². The van der Waals surface area contributed by atoms with Gasteiger partial charge in [-0.1, -0.05) is 0 Å². The van der Waals surface area contributed by atoms with Crippen molar-refractivity contribution in [2.24, 2.45) is 0 Å². The Morgan fingerprint density at radius 2 is 2.00 bits per heavy atom. The number of rotatable bonds is 2. The Bertz CT molecular complexity index is 615. The Labute approximate surface area is 103 Å². The maximum absolute atomic E-state index is 13.2. The normalized spacial score (nSPS) is 15.1. The standard InChI is InChI=1S/C13H13F2N3/c1-7-17-12(13(16)18(7)9-3-4-9)8-2-5-10(14)11(15)6-8/h2,5-6,9H,3-4,16H2,1H3. The van der Waals surface area contributed by atoms with Crippen molar-refractivity contribution < 1.29 is 8.78 Å². The molecule has 0 spiro atoms. The summed E-state index contributed by atoms with van der Waals surface area (Å²) >= 11 is 0. The molecule has 0 bridgehead atoms. The first-order chi connectivity index (χ1) is 8.58. The van der Waals surface area contributed by atoms with Gasteiger partial charge in [-0.05, 0) is 38.0 Å². The van der Waals surface area contributed by atoms with E-state index in [0.29, 0.717) is 23.1 Å². The second-order valence-corrected chi connectivity index (χ2v) is 4.62. The summed E-state index contributed by atoms with van der Waals surface area (Å²) in [7, 11) is 0. The summed E-state index contributed by atoms with van der Waals surface area (Å²) < 4.78 is 28.1. The lowest BCUT2D eigenvalue weighted by Crippen LogP contribution is -2.02. The van der Waals surface area contributed by atoms with Crippen LogP contribution in [0.25, 0.3) is 11.3 Å². The van der Waals surface area contributed by atoms with E-state index in [1.165, 1.54) is 6.07 Å². The van der Waals surface area contributed by atoms with Crippen molar-refractivity contribution in [3.63, 3.8) is 0 Å². The number of hydrogen-bond acceptors (Lipinski definition) is 2. The molecule has 0 amide bonds. The van der Waals surface area contributed by atoms with Crippen LogP contribution < -0.4 is 5.73 Å². The van der Waals surface area contributed by atoms with Crippen molar-refractivity contribution >= 4 is 5.82 Å². The van der Waals surface area contributed by atoms with Crippen LogP contribution in [-0.2, 0) is 0 Å². The number of benzene rings is 1. The zero-order chi connectivity index (χ0) is 12.9. The highest BCUT2D eigenvalue weighted by molar-refractivity contribution is 5.71. The lowest BCUT2D eigenvalue weighted by atomic mass is 10.1. The number of aryl methyl sites for hydroxylation is 1. The average molecular weight is 249 g/mol. The largest absolute Gasteiger partial charge is 0.383 e. The van der Waals surface area contributed by atoms with Crippen LogP contribution in [-0.4, -0.2) is 9.55 Å². The molecule has 0 unspecified atom stereocenters. The summed E-state index contributed by atoms with van der Waals surface area (Å²) in [6.07, 6.45) is 2.19. The van der Waals surface area contributed by atoms with Crippen molar-refractivity contribution in [1.29, 1.82) is 0 Å². The van der Waals surface area contributed by atoms with Crippen LogP contribution in [0.4, 0.5) is 14.6 Å². The lowest BCUT2D eigenvalue weighted by molar-refractivity contribution is 0.509. The molecule has 3 nitrogen and oxygen atoms in total. The van der Waals surface area contributed by atoms with E-state index in [9.17, 15) is 8.78 Å². The van der Waals surface area contributed by atoms with E-state index in [2.05, 4.69) is 4.98 Å². The summed E-state index contributed by atoms with van der Waals surface area (Å²) in [5.74, 6) is -0.406. The monoisotopic (exact) mass is 249 g/mol. The van der Waals surface area contributed by atoms with Gasteiger partial charge >= 0.3 is 0 Å². The highest BCUT2D eigenvalue weighted by atomic mass is 19.2. The minimum atomic E-state index is -0.884. The topological polar surface area (TPSA) is 43.8 Å². The van der Waals surface area contributed by atoms with Crippen LogP contribution in [0, 0.1) is 18.6 Å². The van der Waals surface area contributed by atoms with Gasteiger partial charge < -0.3 is 10.3 Å². The maximum Gasteiger partial charge on any atom is 0.159 e. The van der Waals surface area contributed by atoms with E-state index < -0.39 is 11.6 Å². The summed E-state index contributed by atoms with van der Waals surface area (Å²) in [6.45, 7) is 1.87. The van der Waals surface area contributed by atoms with Gasteiger partial charge in [0.05, 0.1) is 0 Å². The maximum atomic E-state index is 13.2. The van der Waals surface area contributed by atoms with Crippen molar-refractivity contribution in [2.45, 2.75) is 25.8 Å². The van der Waals surface area contributed by atoms with E-state index in [1.807, 2.05) is 11.5 Å². The van der Waals surface area contributed by atoms with Gasteiger partial charge in [-0.25, -0.2) is 13.8 Å². The van der Waals surface area contributed by atoms with Crippen molar-refractivity contribution in [3.05, 3.63) is 35.7 Å². The van der Waals surface area contributed by atoms with Gasteiger partial charge in [-0.3, -0.25) is 0 Å². The number of hydrogen-bond donors (Lipinski definition) is 1. The fourth-order valence-corrected chi connectivity index (χ4v) is 2.21. The molecule has 1 aliphatic carbocycles. The lowest BCUT2D eigenvalue weighted by Gasteiger charge is -2.05. The van der Waals surface area contributed by atoms with Gasteiger partial charge in [0, 0.05) is 11.6 Å². The molecule has 2 aromatic rings. The molecule has 1 aromatic carbocycles. The highest BCUT2D eigenvalue weighted by Gasteiger charge is 2.28. The Hall–Kier alpha value is -1.91. The van der Waals surface area contributed by atoms with Crippen molar-refractivity contribution in [3.8, 4) is 11.3 Å². The third-order valence-electron chi connectivity index (χ3n) is 3.23. The molecular weight excluding hydrogens is 236 g/mol. The third kappa shape index (κ3) is 1.66. The molecule has 1 aromatic heterocycles. The molecule has 94 valence electrons. The molecule has 1 heterocycles. The summed E-state index contributed by atoms with van der Waals surface area (Å²) in [6, 6.07) is 4.13. The molecule has 0 atom stereocenters. The van der Waals surface area contributed by atoms with Crippen LogP contribution in [0.2, 0.25) is 0 Å². The van der Waals surface area contributed by atoms with E-state index in [4.69, 9.17) is 5.73 Å². The molecule has 18 heavy (non-hydrogen) atoms. The van der Waals surface area contributed by atoms with Crippen LogP contribution in [0.5, 0.6) is 0 Å². The molecule has 1 fully saturated rings. The van der Waals surface area contributed by atoms with Gasteiger partial charge in [0.25, 0.3) is 0 Å². The molecule has 1 aliphatic rings. The van der Waals surface area contributed by atoms with Gasteiger partial charge in [-0.2, -0.15) is 0 Å². The van der Waals surface area contributed by atoms with Crippen LogP contribution in [0.15, 0.2) is 18.2 Å². The molecule has 2 N–H and O–H groups in total. The Morgan fingerprint density at radius 3 is 2.61 bits per heavy atom. The number of halogens is 2. The van der Waals surface area contributed by atoms with Crippen molar-refractivity contribution in [2.75, 3.05) is 5.73 Å². The second-order valence-electron chi connectivity index (χ2n) is 4.62. The third-order valence-corrected chi connectivity index (χ3v) is 3.23. The predicted molar refractivity (Wildman–Crippen MR) is 65.0 cm³/mol. The Balaban J connectivity index is 2.11. The van der Waals surface area contributed by atoms with E-state index in [-0.39, 0.29) is 0 Å². The Kier molecular flexibility index (Phi) is 2.36. The molecule has 0 saturated heterocycles. The zero-order valence-electron chi connectivity index (χ0n) is 9.95. The van der Waals surface area contributed by atoms with Crippen LogP contribution in [0.1, 0.15) is 24.7 Å². The number of nitrogens with zero attached hydrogens (tertiary/aromatic N) is 2.